The highest BCUT2D eigenvalue weighted by Crippen LogP contribution is 2.42. The second kappa shape index (κ2) is 8.64. The summed E-state index contributed by atoms with van der Waals surface area (Å²) in [4.78, 5) is 0. The highest BCUT2D eigenvalue weighted by molar-refractivity contribution is 6.05. The van der Waals surface area contributed by atoms with E-state index in [2.05, 4.69) is 6.58 Å². The van der Waals surface area contributed by atoms with Gasteiger partial charge in [-0.1, -0.05) is 12.1 Å². The third kappa shape index (κ3) is 3.86. The van der Waals surface area contributed by atoms with E-state index in [0.717, 1.165) is 57.8 Å². The van der Waals surface area contributed by atoms with E-state index in [1.54, 1.807) is 12.1 Å². The van der Waals surface area contributed by atoms with Crippen LogP contribution >= 0.6 is 0 Å². The zero-order chi connectivity index (χ0) is 21.4. The van der Waals surface area contributed by atoms with Gasteiger partial charge in [0.25, 0.3) is 0 Å². The Morgan fingerprint density at radius 1 is 0.903 bits per heavy atom. The van der Waals surface area contributed by atoms with Crippen molar-refractivity contribution in [1.29, 1.82) is 0 Å². The van der Waals surface area contributed by atoms with E-state index in [9.17, 15) is 0 Å². The third-order valence-electron chi connectivity index (χ3n) is 7.34. The first-order valence-corrected chi connectivity index (χ1v) is 11.8. The fourth-order valence-electron chi connectivity index (χ4n) is 5.54. The maximum atomic E-state index is 15.5. The number of furan rings is 1. The summed E-state index contributed by atoms with van der Waals surface area (Å²) in [5.74, 6) is 0.255. The van der Waals surface area contributed by atoms with Crippen LogP contribution in [0.2, 0.25) is 0 Å². The van der Waals surface area contributed by atoms with Crippen LogP contribution in [0.4, 0.5) is 8.78 Å². The fourth-order valence-corrected chi connectivity index (χ4v) is 5.54. The summed E-state index contributed by atoms with van der Waals surface area (Å²) >= 11 is 0. The van der Waals surface area contributed by atoms with Crippen LogP contribution in [0.15, 0.2) is 41.3 Å². The first-order chi connectivity index (χ1) is 15.2. The molecule has 0 spiro atoms. The van der Waals surface area contributed by atoms with Gasteiger partial charge in [-0.15, -0.1) is 6.58 Å². The molecule has 4 heteroatoms. The van der Waals surface area contributed by atoms with Crippen molar-refractivity contribution in [2.45, 2.75) is 76.2 Å². The van der Waals surface area contributed by atoms with Crippen molar-refractivity contribution in [2.24, 2.45) is 5.92 Å². The monoisotopic (exact) mass is 424 g/mol. The molecule has 0 bridgehead atoms. The average molecular weight is 425 g/mol. The van der Waals surface area contributed by atoms with Crippen LogP contribution in [-0.2, 0) is 0 Å². The molecule has 2 aliphatic rings. The van der Waals surface area contributed by atoms with E-state index in [0.29, 0.717) is 22.3 Å². The first-order valence-electron chi connectivity index (χ1n) is 11.8. The smallest absolute Gasteiger partial charge is 0.208 e. The Bertz CT molecular complexity index is 1090. The molecule has 5 rings (SSSR count). The largest absolute Gasteiger partial charge is 0.487 e. The van der Waals surface area contributed by atoms with Gasteiger partial charge in [-0.2, -0.15) is 4.39 Å². The predicted octanol–water partition coefficient (Wildman–Crippen LogP) is 8.43. The molecule has 3 aromatic rings. The van der Waals surface area contributed by atoms with Crippen LogP contribution in [0.25, 0.3) is 21.9 Å². The van der Waals surface area contributed by atoms with Crippen molar-refractivity contribution in [1.82, 2.24) is 0 Å². The minimum absolute atomic E-state index is 0.0567. The zero-order valence-corrected chi connectivity index (χ0v) is 18.0. The Kier molecular flexibility index (Phi) is 5.73. The standard InChI is InChI=1S/C27H30F2O2/c1-2-3-6-17-9-11-18(12-10-17)20-13-14-21-22-15-16-23(30-19-7-4-5-8-19)25(29)27(22)31-26(21)24(20)28/h2,13-19H,1,3-12H2. The van der Waals surface area contributed by atoms with Gasteiger partial charge >= 0.3 is 0 Å². The molecule has 2 saturated carbocycles. The Morgan fingerprint density at radius 2 is 1.58 bits per heavy atom. The van der Waals surface area contributed by atoms with E-state index in [-0.39, 0.29) is 34.8 Å². The molecule has 2 nitrogen and oxygen atoms in total. The van der Waals surface area contributed by atoms with Crippen LogP contribution in [0, 0.1) is 17.6 Å². The lowest BCUT2D eigenvalue weighted by atomic mass is 9.77. The molecule has 2 aliphatic carbocycles. The van der Waals surface area contributed by atoms with Crippen LogP contribution in [0.1, 0.15) is 75.7 Å². The SMILES string of the molecule is C=CCCC1CCC(c2ccc3c(oc4c(F)c(OC5CCCC5)ccc43)c2F)CC1. The molecule has 0 aliphatic heterocycles. The fraction of sp³-hybridized carbons (Fsp3) is 0.481. The van der Waals surface area contributed by atoms with Gasteiger partial charge < -0.3 is 9.15 Å². The van der Waals surface area contributed by atoms with Crippen molar-refractivity contribution in [3.63, 3.8) is 0 Å². The number of hydrogen-bond acceptors (Lipinski definition) is 2. The van der Waals surface area contributed by atoms with Crippen molar-refractivity contribution in [2.75, 3.05) is 0 Å². The Labute approximate surface area is 182 Å². The van der Waals surface area contributed by atoms with Crippen molar-refractivity contribution in [3.05, 3.63) is 54.1 Å². The van der Waals surface area contributed by atoms with Gasteiger partial charge in [-0.3, -0.25) is 0 Å². The molecular weight excluding hydrogens is 394 g/mol. The third-order valence-corrected chi connectivity index (χ3v) is 7.34. The topological polar surface area (TPSA) is 22.4 Å². The molecule has 0 radical (unpaired) electrons. The normalized spacial score (nSPS) is 22.4. The highest BCUT2D eigenvalue weighted by Gasteiger charge is 2.27. The number of rotatable bonds is 6. The number of hydrogen-bond donors (Lipinski definition) is 0. The summed E-state index contributed by atoms with van der Waals surface area (Å²) in [6, 6.07) is 7.21. The van der Waals surface area contributed by atoms with E-state index in [1.807, 2.05) is 18.2 Å². The van der Waals surface area contributed by atoms with Crippen molar-refractivity contribution < 1.29 is 17.9 Å². The summed E-state index contributed by atoms with van der Waals surface area (Å²) in [6.07, 6.45) is 12.6. The number of allylic oxidation sites excluding steroid dienone is 1. The number of ether oxygens (including phenoxy) is 1. The number of fused-ring (bicyclic) bond motifs is 3. The van der Waals surface area contributed by atoms with Gasteiger partial charge in [0.2, 0.25) is 5.82 Å². The summed E-state index contributed by atoms with van der Waals surface area (Å²) in [5.41, 5.74) is 0.962. The maximum Gasteiger partial charge on any atom is 0.208 e. The lowest BCUT2D eigenvalue weighted by Crippen LogP contribution is -2.14. The van der Waals surface area contributed by atoms with Gasteiger partial charge in [-0.25, -0.2) is 4.39 Å². The van der Waals surface area contributed by atoms with Crippen molar-refractivity contribution in [3.8, 4) is 5.75 Å². The predicted molar refractivity (Wildman–Crippen MR) is 121 cm³/mol. The lowest BCUT2D eigenvalue weighted by Gasteiger charge is -2.28. The summed E-state index contributed by atoms with van der Waals surface area (Å²) in [7, 11) is 0. The average Bonchev–Trinajstić information content (AvgIpc) is 3.44. The van der Waals surface area contributed by atoms with Crippen LogP contribution in [-0.4, -0.2) is 6.10 Å². The second-order valence-corrected chi connectivity index (χ2v) is 9.31. The van der Waals surface area contributed by atoms with E-state index in [1.165, 1.54) is 6.42 Å². The van der Waals surface area contributed by atoms with Gasteiger partial charge in [0.1, 0.15) is 0 Å². The van der Waals surface area contributed by atoms with Crippen molar-refractivity contribution >= 4 is 21.9 Å². The summed E-state index contributed by atoms with van der Waals surface area (Å²) < 4.78 is 42.3. The molecule has 0 N–H and O–H groups in total. The van der Waals surface area contributed by atoms with E-state index < -0.39 is 5.82 Å². The van der Waals surface area contributed by atoms with Gasteiger partial charge in [0, 0.05) is 10.8 Å². The van der Waals surface area contributed by atoms with Crippen LogP contribution in [0.5, 0.6) is 5.75 Å². The lowest BCUT2D eigenvalue weighted by molar-refractivity contribution is 0.201. The molecule has 31 heavy (non-hydrogen) atoms. The minimum Gasteiger partial charge on any atom is -0.487 e. The first kappa shape index (κ1) is 20.5. The van der Waals surface area contributed by atoms with Gasteiger partial charge in [0.15, 0.2) is 22.7 Å². The molecule has 0 atom stereocenters. The molecular formula is C27H30F2O2. The molecule has 1 heterocycles. The Balaban J connectivity index is 1.43. The second-order valence-electron chi connectivity index (χ2n) is 9.31. The molecule has 0 saturated heterocycles. The number of halogens is 2. The minimum atomic E-state index is -0.524. The quantitative estimate of drug-likeness (QED) is 0.371. The van der Waals surface area contributed by atoms with Crippen LogP contribution < -0.4 is 4.74 Å². The Hall–Kier alpha value is -2.36. The molecule has 164 valence electrons. The van der Waals surface area contributed by atoms with Crippen LogP contribution in [0.3, 0.4) is 0 Å². The summed E-state index contributed by atoms with van der Waals surface area (Å²) in [5, 5.41) is 1.23. The van der Waals surface area contributed by atoms with E-state index in [4.69, 9.17) is 9.15 Å². The molecule has 2 aromatic carbocycles. The molecule has 1 aromatic heterocycles. The highest BCUT2D eigenvalue weighted by atomic mass is 19.1. The molecule has 0 unspecified atom stereocenters. The van der Waals surface area contributed by atoms with E-state index >= 15 is 8.78 Å². The molecule has 2 fully saturated rings. The van der Waals surface area contributed by atoms with Gasteiger partial charge in [0.05, 0.1) is 6.10 Å². The van der Waals surface area contributed by atoms with Gasteiger partial charge in [-0.05, 0) is 99.8 Å². The zero-order valence-electron chi connectivity index (χ0n) is 18.0. The Morgan fingerprint density at radius 3 is 2.29 bits per heavy atom. The summed E-state index contributed by atoms with van der Waals surface area (Å²) in [6.45, 7) is 3.81. The maximum absolute atomic E-state index is 15.5. The molecule has 0 amide bonds. The number of benzene rings is 2.